The standard InChI is InChI=1S/C9H16N4S/c1-13-8(11-7-12-13)5-9(6-10)3-2-4-14-9/h7H,2-6,10H2,1H3. The van der Waals surface area contributed by atoms with Gasteiger partial charge in [0.2, 0.25) is 0 Å². The summed E-state index contributed by atoms with van der Waals surface area (Å²) in [6.45, 7) is 0.741. The number of hydrogen-bond acceptors (Lipinski definition) is 4. The maximum Gasteiger partial charge on any atom is 0.138 e. The molecule has 2 N–H and O–H groups in total. The molecule has 1 aromatic heterocycles. The minimum atomic E-state index is 0.223. The largest absolute Gasteiger partial charge is 0.329 e. The molecule has 14 heavy (non-hydrogen) atoms. The molecule has 78 valence electrons. The van der Waals surface area contributed by atoms with Crippen molar-refractivity contribution in [1.82, 2.24) is 14.8 Å². The van der Waals surface area contributed by atoms with Gasteiger partial charge in [0.25, 0.3) is 0 Å². The number of aromatic nitrogens is 3. The molecule has 0 aromatic carbocycles. The number of hydrogen-bond donors (Lipinski definition) is 1. The van der Waals surface area contributed by atoms with E-state index in [0.29, 0.717) is 0 Å². The summed E-state index contributed by atoms with van der Waals surface area (Å²) in [6.07, 6.45) is 5.05. The van der Waals surface area contributed by atoms with Crippen LogP contribution in [0.2, 0.25) is 0 Å². The van der Waals surface area contributed by atoms with Gasteiger partial charge >= 0.3 is 0 Å². The second-order valence-electron chi connectivity index (χ2n) is 3.82. The number of nitrogens with zero attached hydrogens (tertiary/aromatic N) is 3. The van der Waals surface area contributed by atoms with Crippen molar-refractivity contribution in [2.75, 3.05) is 12.3 Å². The van der Waals surface area contributed by atoms with Crippen LogP contribution in [0.1, 0.15) is 18.7 Å². The molecule has 0 bridgehead atoms. The summed E-state index contributed by atoms with van der Waals surface area (Å²) in [5.41, 5.74) is 5.86. The van der Waals surface area contributed by atoms with E-state index in [1.165, 1.54) is 18.6 Å². The highest BCUT2D eigenvalue weighted by Gasteiger charge is 2.34. The molecule has 4 nitrogen and oxygen atoms in total. The second-order valence-corrected chi connectivity index (χ2v) is 5.38. The van der Waals surface area contributed by atoms with Crippen LogP contribution in [0.25, 0.3) is 0 Å². The molecule has 1 atom stereocenters. The molecule has 1 saturated heterocycles. The summed E-state index contributed by atoms with van der Waals surface area (Å²) in [7, 11) is 1.94. The molecule has 1 aliphatic rings. The van der Waals surface area contributed by atoms with E-state index in [1.54, 1.807) is 6.33 Å². The van der Waals surface area contributed by atoms with Crippen molar-refractivity contribution in [2.24, 2.45) is 12.8 Å². The molecule has 1 fully saturated rings. The van der Waals surface area contributed by atoms with Gasteiger partial charge in [-0.05, 0) is 18.6 Å². The van der Waals surface area contributed by atoms with Crippen LogP contribution in [-0.4, -0.2) is 31.8 Å². The quantitative estimate of drug-likeness (QED) is 0.796. The van der Waals surface area contributed by atoms with E-state index in [1.807, 2.05) is 23.5 Å². The van der Waals surface area contributed by atoms with Crippen LogP contribution in [0.5, 0.6) is 0 Å². The van der Waals surface area contributed by atoms with E-state index in [-0.39, 0.29) is 4.75 Å². The normalized spacial score (nSPS) is 27.0. The van der Waals surface area contributed by atoms with Crippen LogP contribution in [0, 0.1) is 0 Å². The first-order valence-corrected chi connectivity index (χ1v) is 5.91. The number of nitrogens with two attached hydrogens (primary N) is 1. The maximum atomic E-state index is 5.86. The predicted molar refractivity (Wildman–Crippen MR) is 58.2 cm³/mol. The predicted octanol–water partition coefficient (Wildman–Crippen LogP) is 0.582. The lowest BCUT2D eigenvalue weighted by Gasteiger charge is -2.25. The molecule has 5 heteroatoms. The Balaban J connectivity index is 2.12. The third-order valence-electron chi connectivity index (χ3n) is 2.84. The third-order valence-corrected chi connectivity index (χ3v) is 4.46. The Morgan fingerprint density at radius 3 is 3.07 bits per heavy atom. The number of aryl methyl sites for hydroxylation is 1. The van der Waals surface area contributed by atoms with Crippen LogP contribution in [-0.2, 0) is 13.5 Å². The highest BCUT2D eigenvalue weighted by atomic mass is 32.2. The highest BCUT2D eigenvalue weighted by molar-refractivity contribution is 8.00. The summed E-state index contributed by atoms with van der Waals surface area (Å²) in [5, 5.41) is 4.08. The fraction of sp³-hybridized carbons (Fsp3) is 0.778. The Morgan fingerprint density at radius 1 is 1.71 bits per heavy atom. The lowest BCUT2D eigenvalue weighted by Crippen LogP contribution is -2.35. The van der Waals surface area contributed by atoms with Crippen molar-refractivity contribution in [3.05, 3.63) is 12.2 Å². The van der Waals surface area contributed by atoms with Crippen molar-refractivity contribution in [2.45, 2.75) is 24.0 Å². The smallest absolute Gasteiger partial charge is 0.138 e. The van der Waals surface area contributed by atoms with E-state index < -0.39 is 0 Å². The minimum Gasteiger partial charge on any atom is -0.329 e. The van der Waals surface area contributed by atoms with Crippen molar-refractivity contribution in [1.29, 1.82) is 0 Å². The zero-order valence-corrected chi connectivity index (χ0v) is 9.26. The second kappa shape index (κ2) is 3.90. The molecular weight excluding hydrogens is 196 g/mol. The monoisotopic (exact) mass is 212 g/mol. The summed E-state index contributed by atoms with van der Waals surface area (Å²) < 4.78 is 2.07. The average Bonchev–Trinajstić information content (AvgIpc) is 2.79. The fourth-order valence-corrected chi connectivity index (χ4v) is 3.26. The van der Waals surface area contributed by atoms with E-state index >= 15 is 0 Å². The van der Waals surface area contributed by atoms with E-state index in [9.17, 15) is 0 Å². The lowest BCUT2D eigenvalue weighted by atomic mass is 9.99. The lowest BCUT2D eigenvalue weighted by molar-refractivity contribution is 0.533. The van der Waals surface area contributed by atoms with Crippen LogP contribution in [0.3, 0.4) is 0 Å². The first-order chi connectivity index (χ1) is 6.76. The molecule has 0 spiro atoms. The number of thioether (sulfide) groups is 1. The van der Waals surface area contributed by atoms with E-state index in [0.717, 1.165) is 18.8 Å². The summed E-state index contributed by atoms with van der Waals surface area (Å²) in [4.78, 5) is 4.26. The van der Waals surface area contributed by atoms with Gasteiger partial charge in [0, 0.05) is 24.8 Å². The highest BCUT2D eigenvalue weighted by Crippen LogP contribution is 2.39. The van der Waals surface area contributed by atoms with Crippen LogP contribution < -0.4 is 5.73 Å². The molecular formula is C9H16N4S. The zero-order chi connectivity index (χ0) is 10.0. The van der Waals surface area contributed by atoms with Crippen molar-refractivity contribution in [3.8, 4) is 0 Å². The van der Waals surface area contributed by atoms with Crippen molar-refractivity contribution in [3.63, 3.8) is 0 Å². The Hall–Kier alpha value is -0.550. The van der Waals surface area contributed by atoms with Gasteiger partial charge in [-0.2, -0.15) is 16.9 Å². The molecule has 2 heterocycles. The maximum absolute atomic E-state index is 5.86. The first kappa shape index (κ1) is 9.98. The zero-order valence-electron chi connectivity index (χ0n) is 8.44. The minimum absolute atomic E-state index is 0.223. The molecule has 1 unspecified atom stereocenters. The van der Waals surface area contributed by atoms with E-state index in [2.05, 4.69) is 10.1 Å². The van der Waals surface area contributed by atoms with Crippen molar-refractivity contribution >= 4 is 11.8 Å². The van der Waals surface area contributed by atoms with Gasteiger partial charge in [0.15, 0.2) is 0 Å². The Morgan fingerprint density at radius 2 is 2.57 bits per heavy atom. The van der Waals surface area contributed by atoms with Crippen LogP contribution in [0.4, 0.5) is 0 Å². The molecule has 0 saturated carbocycles. The molecule has 0 amide bonds. The van der Waals surface area contributed by atoms with Gasteiger partial charge in [-0.25, -0.2) is 4.98 Å². The summed E-state index contributed by atoms with van der Waals surface area (Å²) >= 11 is 1.99. The molecule has 1 aliphatic heterocycles. The van der Waals surface area contributed by atoms with Crippen LogP contribution in [0.15, 0.2) is 6.33 Å². The molecule has 1 aromatic rings. The molecule has 0 aliphatic carbocycles. The van der Waals surface area contributed by atoms with Gasteiger partial charge in [-0.3, -0.25) is 4.68 Å². The summed E-state index contributed by atoms with van der Waals surface area (Å²) in [5.74, 6) is 2.28. The van der Waals surface area contributed by atoms with Gasteiger partial charge in [-0.1, -0.05) is 0 Å². The van der Waals surface area contributed by atoms with E-state index in [4.69, 9.17) is 5.73 Å². The average molecular weight is 212 g/mol. The SMILES string of the molecule is Cn1ncnc1CC1(CN)CCCS1. The molecule has 2 rings (SSSR count). The molecule has 0 radical (unpaired) electrons. The Kier molecular flexibility index (Phi) is 2.78. The fourth-order valence-electron chi connectivity index (χ4n) is 1.90. The van der Waals surface area contributed by atoms with Gasteiger partial charge in [0.1, 0.15) is 12.2 Å². The topological polar surface area (TPSA) is 56.7 Å². The van der Waals surface area contributed by atoms with Crippen LogP contribution >= 0.6 is 11.8 Å². The summed E-state index contributed by atoms with van der Waals surface area (Å²) in [6, 6.07) is 0. The van der Waals surface area contributed by atoms with Gasteiger partial charge < -0.3 is 5.73 Å². The Labute approximate surface area is 88.3 Å². The third kappa shape index (κ3) is 1.79. The number of rotatable bonds is 3. The van der Waals surface area contributed by atoms with Crippen molar-refractivity contribution < 1.29 is 0 Å². The first-order valence-electron chi connectivity index (χ1n) is 4.93. The van der Waals surface area contributed by atoms with Gasteiger partial charge in [0.05, 0.1) is 0 Å². The Bertz CT molecular complexity index is 304. The van der Waals surface area contributed by atoms with Gasteiger partial charge in [-0.15, -0.1) is 0 Å².